The van der Waals surface area contributed by atoms with Crippen molar-refractivity contribution in [2.75, 3.05) is 13.2 Å². The van der Waals surface area contributed by atoms with Gasteiger partial charge >= 0.3 is 5.97 Å². The SMILES string of the molecule is CCCC/C=C\CCCCCCCC(=O)OCCCCCCCCCCCCCC/C=C\CCCCCCCCCCCCCCCCCC(=O)NC(CO)C(O)CCCCCCCCCCCCCCCCC. The molecule has 6 nitrogen and oxygen atoms in total. The summed E-state index contributed by atoms with van der Waals surface area (Å²) in [7, 11) is 0. The molecule has 0 saturated heterocycles. The van der Waals surface area contributed by atoms with Crippen LogP contribution in [0, 0.1) is 0 Å². The number of aliphatic hydroxyl groups excluding tert-OH is 2. The van der Waals surface area contributed by atoms with E-state index in [-0.39, 0.29) is 18.5 Å². The number of allylic oxidation sites excluding steroid dienone is 4. The van der Waals surface area contributed by atoms with Crippen molar-refractivity contribution in [1.29, 1.82) is 0 Å². The van der Waals surface area contributed by atoms with Crippen LogP contribution in [0.25, 0.3) is 0 Å². The third kappa shape index (κ3) is 59.6. The van der Waals surface area contributed by atoms with Gasteiger partial charge in [0.25, 0.3) is 0 Å². The lowest BCUT2D eigenvalue weighted by Crippen LogP contribution is -2.45. The summed E-state index contributed by atoms with van der Waals surface area (Å²) >= 11 is 0. The lowest BCUT2D eigenvalue weighted by Gasteiger charge is -2.22. The molecule has 0 aromatic carbocycles. The van der Waals surface area contributed by atoms with Gasteiger partial charge in [0.05, 0.1) is 25.4 Å². The summed E-state index contributed by atoms with van der Waals surface area (Å²) in [5, 5.41) is 23.3. The topological polar surface area (TPSA) is 95.9 Å². The maximum Gasteiger partial charge on any atom is 0.305 e. The number of amides is 1. The fourth-order valence-electron chi connectivity index (χ4n) is 10.6. The molecular weight excluding hydrogens is 911 g/mol. The van der Waals surface area contributed by atoms with Gasteiger partial charge in [-0.05, 0) is 70.6 Å². The van der Waals surface area contributed by atoms with Crippen LogP contribution in [0.15, 0.2) is 24.3 Å². The molecule has 438 valence electrons. The molecule has 0 saturated carbocycles. The van der Waals surface area contributed by atoms with Crippen molar-refractivity contribution in [3.8, 4) is 0 Å². The number of carbonyl (C=O) groups excluding carboxylic acids is 2. The third-order valence-corrected chi connectivity index (χ3v) is 15.7. The smallest absolute Gasteiger partial charge is 0.305 e. The molecule has 0 bridgehead atoms. The molecule has 0 aromatic heterocycles. The number of unbranched alkanes of at least 4 members (excludes halogenated alkanes) is 48. The van der Waals surface area contributed by atoms with Crippen LogP contribution in [0.3, 0.4) is 0 Å². The van der Waals surface area contributed by atoms with Crippen molar-refractivity contribution in [3.05, 3.63) is 24.3 Å². The van der Waals surface area contributed by atoms with Crippen LogP contribution < -0.4 is 5.32 Å². The van der Waals surface area contributed by atoms with Gasteiger partial charge in [-0.1, -0.05) is 314 Å². The molecular formula is C68H131NO5. The van der Waals surface area contributed by atoms with Crippen LogP contribution in [-0.4, -0.2) is 47.4 Å². The molecule has 0 aliphatic heterocycles. The number of hydrogen-bond acceptors (Lipinski definition) is 5. The van der Waals surface area contributed by atoms with Crippen molar-refractivity contribution < 1.29 is 24.5 Å². The highest BCUT2D eigenvalue weighted by Gasteiger charge is 2.20. The van der Waals surface area contributed by atoms with Gasteiger partial charge in [-0.3, -0.25) is 9.59 Å². The van der Waals surface area contributed by atoms with Crippen molar-refractivity contribution >= 4 is 11.9 Å². The number of nitrogens with one attached hydrogen (secondary N) is 1. The molecule has 0 heterocycles. The number of aliphatic hydroxyl groups is 2. The van der Waals surface area contributed by atoms with Gasteiger partial charge in [-0.25, -0.2) is 0 Å². The predicted molar refractivity (Wildman–Crippen MR) is 324 cm³/mol. The standard InChI is InChI=1S/C68H131NO5/c1-3-5-7-9-11-13-15-16-34-37-41-44-48-52-56-60-66(71)65(64-70)69-67(72)61-57-53-49-45-42-38-35-32-30-28-26-24-22-20-18-17-19-21-23-25-27-29-31-33-36-39-43-47-51-55-59-63-74-68(73)62-58-54-50-46-40-14-12-10-8-6-4-2/h10,12,19,21,65-66,70-71H,3-9,11,13-18,20,22-64H2,1-2H3,(H,69,72)/b12-10-,21-19-. The molecule has 1 amide bonds. The first-order chi connectivity index (χ1) is 36.5. The summed E-state index contributed by atoms with van der Waals surface area (Å²) in [6.07, 6.45) is 79.3. The van der Waals surface area contributed by atoms with E-state index in [0.29, 0.717) is 25.9 Å². The number of carbonyl (C=O) groups is 2. The lowest BCUT2D eigenvalue weighted by molar-refractivity contribution is -0.143. The maximum atomic E-state index is 12.5. The Morgan fingerprint density at radius 2 is 0.649 bits per heavy atom. The third-order valence-electron chi connectivity index (χ3n) is 15.7. The minimum atomic E-state index is -0.662. The molecule has 3 N–H and O–H groups in total. The Bertz CT molecular complexity index is 1150. The molecule has 0 fully saturated rings. The van der Waals surface area contributed by atoms with Gasteiger partial charge in [0, 0.05) is 12.8 Å². The van der Waals surface area contributed by atoms with Crippen LogP contribution in [0.4, 0.5) is 0 Å². The van der Waals surface area contributed by atoms with Gasteiger partial charge in [0.2, 0.25) is 5.91 Å². The average Bonchev–Trinajstić information content (AvgIpc) is 3.40. The van der Waals surface area contributed by atoms with E-state index in [9.17, 15) is 19.8 Å². The summed E-state index contributed by atoms with van der Waals surface area (Å²) in [6.45, 7) is 4.94. The summed E-state index contributed by atoms with van der Waals surface area (Å²) in [5.74, 6) is -0.0234. The Labute approximate surface area is 462 Å². The first kappa shape index (κ1) is 72.3. The molecule has 0 aliphatic rings. The van der Waals surface area contributed by atoms with E-state index in [1.165, 1.54) is 295 Å². The van der Waals surface area contributed by atoms with Crippen LogP contribution in [-0.2, 0) is 14.3 Å². The van der Waals surface area contributed by atoms with E-state index in [2.05, 4.69) is 43.5 Å². The summed E-state index contributed by atoms with van der Waals surface area (Å²) in [5.41, 5.74) is 0. The Kier molecular flexibility index (Phi) is 62.4. The second kappa shape index (κ2) is 63.9. The zero-order valence-electron chi connectivity index (χ0n) is 50.1. The highest BCUT2D eigenvalue weighted by atomic mass is 16.5. The van der Waals surface area contributed by atoms with Gasteiger partial charge in [0.1, 0.15) is 0 Å². The highest BCUT2D eigenvalue weighted by molar-refractivity contribution is 5.76. The first-order valence-electron chi connectivity index (χ1n) is 33.6. The van der Waals surface area contributed by atoms with Crippen molar-refractivity contribution in [1.82, 2.24) is 5.32 Å². The van der Waals surface area contributed by atoms with Gasteiger partial charge in [-0.15, -0.1) is 0 Å². The fraction of sp³-hybridized carbons (Fsp3) is 0.912. The number of hydrogen-bond donors (Lipinski definition) is 3. The molecule has 6 heteroatoms. The minimum absolute atomic E-state index is 0.00688. The Hall–Kier alpha value is -1.66. The molecule has 0 aromatic rings. The van der Waals surface area contributed by atoms with Crippen LogP contribution in [0.2, 0.25) is 0 Å². The first-order valence-corrected chi connectivity index (χ1v) is 33.6. The van der Waals surface area contributed by atoms with E-state index in [0.717, 1.165) is 44.9 Å². The van der Waals surface area contributed by atoms with E-state index in [1.54, 1.807) is 0 Å². The van der Waals surface area contributed by atoms with E-state index < -0.39 is 12.1 Å². The second-order valence-corrected chi connectivity index (χ2v) is 23.1. The molecule has 0 aliphatic carbocycles. The minimum Gasteiger partial charge on any atom is -0.466 e. The normalized spacial score (nSPS) is 12.6. The van der Waals surface area contributed by atoms with Crippen LogP contribution in [0.1, 0.15) is 373 Å². The Morgan fingerprint density at radius 1 is 0.365 bits per heavy atom. The Balaban J connectivity index is 3.36. The van der Waals surface area contributed by atoms with Gasteiger partial charge in [0.15, 0.2) is 0 Å². The summed E-state index contributed by atoms with van der Waals surface area (Å²) < 4.78 is 5.46. The number of ether oxygens (including phenoxy) is 1. The van der Waals surface area contributed by atoms with E-state index in [4.69, 9.17) is 4.74 Å². The number of rotatable bonds is 63. The van der Waals surface area contributed by atoms with Gasteiger partial charge in [-0.2, -0.15) is 0 Å². The van der Waals surface area contributed by atoms with Crippen LogP contribution in [0.5, 0.6) is 0 Å². The molecule has 0 spiro atoms. The molecule has 2 unspecified atom stereocenters. The van der Waals surface area contributed by atoms with Crippen molar-refractivity contribution in [2.45, 2.75) is 386 Å². The Morgan fingerprint density at radius 3 is 1.00 bits per heavy atom. The summed E-state index contributed by atoms with van der Waals surface area (Å²) in [4.78, 5) is 24.5. The zero-order valence-corrected chi connectivity index (χ0v) is 50.1. The summed E-state index contributed by atoms with van der Waals surface area (Å²) in [6, 6.07) is -0.539. The van der Waals surface area contributed by atoms with Crippen molar-refractivity contribution in [3.63, 3.8) is 0 Å². The highest BCUT2D eigenvalue weighted by Crippen LogP contribution is 2.18. The van der Waals surface area contributed by atoms with Crippen LogP contribution >= 0.6 is 0 Å². The van der Waals surface area contributed by atoms with E-state index in [1.807, 2.05) is 0 Å². The average molecular weight is 1040 g/mol. The molecule has 2 atom stereocenters. The largest absolute Gasteiger partial charge is 0.466 e. The zero-order chi connectivity index (χ0) is 53.6. The predicted octanol–water partition coefficient (Wildman–Crippen LogP) is 21.4. The molecule has 74 heavy (non-hydrogen) atoms. The number of esters is 1. The quantitative estimate of drug-likeness (QED) is 0.0320. The maximum absolute atomic E-state index is 12.5. The fourth-order valence-corrected chi connectivity index (χ4v) is 10.6. The van der Waals surface area contributed by atoms with E-state index >= 15 is 0 Å². The molecule has 0 radical (unpaired) electrons. The lowest BCUT2D eigenvalue weighted by atomic mass is 10.0. The molecule has 0 rings (SSSR count). The monoisotopic (exact) mass is 1040 g/mol. The van der Waals surface area contributed by atoms with Crippen molar-refractivity contribution in [2.24, 2.45) is 0 Å². The second-order valence-electron chi connectivity index (χ2n) is 23.1. The van der Waals surface area contributed by atoms with Gasteiger partial charge < -0.3 is 20.3 Å².